The van der Waals surface area contributed by atoms with Gasteiger partial charge in [0.05, 0.1) is 10.5 Å². The molecular formula is C19H27NO2S2. The maximum atomic E-state index is 12.8. The van der Waals surface area contributed by atoms with Crippen LogP contribution in [-0.4, -0.2) is 28.5 Å². The lowest BCUT2D eigenvalue weighted by molar-refractivity contribution is -0.136. The molecule has 0 spiro atoms. The highest BCUT2D eigenvalue weighted by Crippen LogP contribution is 2.39. The number of unbranched alkanes of at least 4 members (excludes halogenated alkanes) is 5. The summed E-state index contributed by atoms with van der Waals surface area (Å²) in [6.07, 6.45) is 6.90. The minimum absolute atomic E-state index is 0.101. The molecule has 0 radical (unpaired) electrons. The predicted molar refractivity (Wildman–Crippen MR) is 104 cm³/mol. The van der Waals surface area contributed by atoms with Crippen LogP contribution in [-0.2, 0) is 9.59 Å². The summed E-state index contributed by atoms with van der Waals surface area (Å²) in [4.78, 5) is 28.6. The van der Waals surface area contributed by atoms with Crippen LogP contribution in [0.15, 0.2) is 22.4 Å². The van der Waals surface area contributed by atoms with E-state index in [1.54, 1.807) is 0 Å². The van der Waals surface area contributed by atoms with E-state index in [1.165, 1.54) is 53.7 Å². The van der Waals surface area contributed by atoms with Crippen LogP contribution in [0.5, 0.6) is 0 Å². The number of hydrogen-bond donors (Lipinski definition) is 0. The molecule has 1 aliphatic heterocycles. The van der Waals surface area contributed by atoms with Gasteiger partial charge < -0.3 is 0 Å². The number of imide groups is 1. The van der Waals surface area contributed by atoms with Gasteiger partial charge in [-0.1, -0.05) is 58.9 Å². The molecule has 0 fully saturated rings. The van der Waals surface area contributed by atoms with Gasteiger partial charge >= 0.3 is 0 Å². The quantitative estimate of drug-likeness (QED) is 0.415. The van der Waals surface area contributed by atoms with E-state index in [2.05, 4.69) is 20.8 Å². The Morgan fingerprint density at radius 1 is 1.08 bits per heavy atom. The van der Waals surface area contributed by atoms with Crippen molar-refractivity contribution in [3.05, 3.63) is 27.3 Å². The number of thiophene rings is 1. The Hall–Kier alpha value is -1.07. The molecule has 0 atom stereocenters. The number of rotatable bonds is 10. The fourth-order valence-electron chi connectivity index (χ4n) is 2.79. The average molecular weight is 366 g/mol. The zero-order valence-electron chi connectivity index (χ0n) is 14.8. The zero-order chi connectivity index (χ0) is 17.5. The topological polar surface area (TPSA) is 37.4 Å². The van der Waals surface area contributed by atoms with Crippen molar-refractivity contribution in [3.63, 3.8) is 0 Å². The van der Waals surface area contributed by atoms with Crippen molar-refractivity contribution in [1.29, 1.82) is 0 Å². The summed E-state index contributed by atoms with van der Waals surface area (Å²) in [7, 11) is 0. The van der Waals surface area contributed by atoms with Crippen LogP contribution in [0.1, 0.15) is 64.2 Å². The van der Waals surface area contributed by atoms with Gasteiger partial charge in [0.1, 0.15) is 0 Å². The van der Waals surface area contributed by atoms with Gasteiger partial charge in [0.25, 0.3) is 11.8 Å². The molecular weight excluding hydrogens is 338 g/mol. The normalized spacial score (nSPS) is 15.2. The van der Waals surface area contributed by atoms with Crippen LogP contribution >= 0.6 is 23.1 Å². The molecule has 2 rings (SSSR count). The number of thioether (sulfide) groups is 1. The number of nitrogens with zero attached hydrogens (tertiary/aromatic N) is 1. The fourth-order valence-corrected chi connectivity index (χ4v) is 4.62. The molecule has 0 unspecified atom stereocenters. The summed E-state index contributed by atoms with van der Waals surface area (Å²) >= 11 is 3.03. The molecule has 2 heterocycles. The van der Waals surface area contributed by atoms with Gasteiger partial charge in [0.2, 0.25) is 0 Å². The van der Waals surface area contributed by atoms with Crippen molar-refractivity contribution >= 4 is 40.5 Å². The van der Waals surface area contributed by atoms with E-state index in [1.807, 2.05) is 17.5 Å². The number of carbonyl (C=O) groups excluding carboxylic acids is 2. The van der Waals surface area contributed by atoms with E-state index in [0.29, 0.717) is 17.0 Å². The van der Waals surface area contributed by atoms with E-state index in [9.17, 15) is 9.59 Å². The maximum absolute atomic E-state index is 12.8. The first-order valence-corrected chi connectivity index (χ1v) is 10.6. The summed E-state index contributed by atoms with van der Waals surface area (Å²) in [6.45, 7) is 6.85. The summed E-state index contributed by atoms with van der Waals surface area (Å²) in [5, 5.41) is 2.23. The first-order chi connectivity index (χ1) is 11.6. The van der Waals surface area contributed by atoms with Gasteiger partial charge in [-0.05, 0) is 17.9 Å². The van der Waals surface area contributed by atoms with Crippen LogP contribution in [0.2, 0.25) is 0 Å². The standard InChI is InChI=1S/C19H27NO2S2/c1-4-5-6-7-8-9-12-20-18(21)16(15-11-10-13-23-15)17(19(20)22)24-14(2)3/h10-11,13-14H,4-9,12H2,1-3H3. The molecule has 1 aliphatic rings. The second-order valence-electron chi connectivity index (χ2n) is 6.38. The minimum atomic E-state index is -0.112. The van der Waals surface area contributed by atoms with Gasteiger partial charge in [-0.15, -0.1) is 23.1 Å². The van der Waals surface area contributed by atoms with E-state index in [4.69, 9.17) is 0 Å². The summed E-state index contributed by atoms with van der Waals surface area (Å²) < 4.78 is 0. The number of carbonyl (C=O) groups is 2. The first-order valence-electron chi connectivity index (χ1n) is 8.87. The van der Waals surface area contributed by atoms with Crippen LogP contribution in [0, 0.1) is 0 Å². The Morgan fingerprint density at radius 2 is 1.79 bits per heavy atom. The third-order valence-electron chi connectivity index (χ3n) is 3.98. The zero-order valence-corrected chi connectivity index (χ0v) is 16.5. The van der Waals surface area contributed by atoms with Crippen molar-refractivity contribution < 1.29 is 9.59 Å². The Kier molecular flexibility index (Phi) is 7.56. The fraction of sp³-hybridized carbons (Fsp3) is 0.579. The maximum Gasteiger partial charge on any atom is 0.268 e. The van der Waals surface area contributed by atoms with Crippen molar-refractivity contribution in [2.75, 3.05) is 6.54 Å². The monoisotopic (exact) mass is 365 g/mol. The lowest BCUT2D eigenvalue weighted by atomic mass is 10.1. The lowest BCUT2D eigenvalue weighted by Crippen LogP contribution is -2.32. The van der Waals surface area contributed by atoms with Gasteiger partial charge in [0, 0.05) is 16.7 Å². The molecule has 1 aromatic heterocycles. The van der Waals surface area contributed by atoms with Crippen LogP contribution in [0.25, 0.3) is 5.57 Å². The molecule has 132 valence electrons. The molecule has 0 saturated carbocycles. The van der Waals surface area contributed by atoms with Gasteiger partial charge in [-0.25, -0.2) is 0 Å². The summed E-state index contributed by atoms with van der Waals surface area (Å²) in [5.74, 6) is -0.213. The smallest absolute Gasteiger partial charge is 0.268 e. The third kappa shape index (κ3) is 4.73. The van der Waals surface area contributed by atoms with Crippen molar-refractivity contribution in [2.24, 2.45) is 0 Å². The molecule has 5 heteroatoms. The molecule has 1 aromatic rings. The second-order valence-corrected chi connectivity index (χ2v) is 8.91. The second kappa shape index (κ2) is 9.42. The van der Waals surface area contributed by atoms with Gasteiger partial charge in [-0.2, -0.15) is 0 Å². The van der Waals surface area contributed by atoms with Crippen LogP contribution in [0.3, 0.4) is 0 Å². The highest BCUT2D eigenvalue weighted by atomic mass is 32.2. The average Bonchev–Trinajstić information content (AvgIpc) is 3.13. The summed E-state index contributed by atoms with van der Waals surface area (Å²) in [6, 6.07) is 3.86. The Bertz CT molecular complexity index is 591. The largest absolute Gasteiger partial charge is 0.274 e. The molecule has 2 amide bonds. The molecule has 3 nitrogen and oxygen atoms in total. The molecule has 0 saturated heterocycles. The molecule has 0 aliphatic carbocycles. The summed E-state index contributed by atoms with van der Waals surface area (Å²) in [5.41, 5.74) is 0.611. The van der Waals surface area contributed by atoms with Gasteiger partial charge in [0.15, 0.2) is 0 Å². The number of hydrogen-bond acceptors (Lipinski definition) is 4. The van der Waals surface area contributed by atoms with Crippen molar-refractivity contribution in [2.45, 2.75) is 64.5 Å². The van der Waals surface area contributed by atoms with Crippen molar-refractivity contribution in [3.8, 4) is 0 Å². The Morgan fingerprint density at radius 3 is 2.42 bits per heavy atom. The number of amides is 2. The predicted octanol–water partition coefficient (Wildman–Crippen LogP) is 5.33. The minimum Gasteiger partial charge on any atom is -0.274 e. The lowest BCUT2D eigenvalue weighted by Gasteiger charge is -2.15. The Labute approximate surface area is 153 Å². The van der Waals surface area contributed by atoms with Crippen LogP contribution in [0.4, 0.5) is 0 Å². The molecule has 24 heavy (non-hydrogen) atoms. The first kappa shape index (κ1) is 19.3. The highest BCUT2D eigenvalue weighted by molar-refractivity contribution is 8.04. The molecule has 0 aromatic carbocycles. The van der Waals surface area contributed by atoms with Crippen molar-refractivity contribution in [1.82, 2.24) is 4.90 Å². The van der Waals surface area contributed by atoms with E-state index >= 15 is 0 Å². The van der Waals surface area contributed by atoms with Crippen LogP contribution < -0.4 is 0 Å². The van der Waals surface area contributed by atoms with E-state index < -0.39 is 0 Å². The Balaban J connectivity index is 2.04. The van der Waals surface area contributed by atoms with Gasteiger partial charge in [-0.3, -0.25) is 14.5 Å². The molecule has 0 bridgehead atoms. The molecule has 0 N–H and O–H groups in total. The highest BCUT2D eigenvalue weighted by Gasteiger charge is 2.39. The third-order valence-corrected chi connectivity index (χ3v) is 5.96. The van der Waals surface area contributed by atoms with E-state index in [-0.39, 0.29) is 17.1 Å². The van der Waals surface area contributed by atoms with E-state index in [0.717, 1.165) is 17.7 Å². The SMILES string of the molecule is CCCCCCCCN1C(=O)C(SC(C)C)=C(c2cccs2)C1=O.